The molecular weight excluding hydrogens is 282 g/mol. The SMILES string of the molecule is Cc1cccc(CSCC(=O)NCC2CCC(O)CC2)c1. The highest BCUT2D eigenvalue weighted by Gasteiger charge is 2.19. The normalized spacial score (nSPS) is 22.0. The number of hydrogen-bond acceptors (Lipinski definition) is 3. The number of amides is 1. The second kappa shape index (κ2) is 8.44. The van der Waals surface area contributed by atoms with E-state index in [2.05, 4.69) is 36.5 Å². The zero-order chi connectivity index (χ0) is 15.1. The van der Waals surface area contributed by atoms with Crippen LogP contribution >= 0.6 is 11.8 Å². The summed E-state index contributed by atoms with van der Waals surface area (Å²) in [6, 6.07) is 8.41. The van der Waals surface area contributed by atoms with Gasteiger partial charge in [-0.15, -0.1) is 11.8 Å². The fourth-order valence-corrected chi connectivity index (χ4v) is 3.53. The third-order valence-electron chi connectivity index (χ3n) is 3.99. The summed E-state index contributed by atoms with van der Waals surface area (Å²) in [5, 5.41) is 12.5. The Balaban J connectivity index is 1.59. The second-order valence-electron chi connectivity index (χ2n) is 5.96. The van der Waals surface area contributed by atoms with Crippen LogP contribution in [0.3, 0.4) is 0 Å². The number of benzene rings is 1. The molecular formula is C17H25NO2S. The number of aryl methyl sites for hydroxylation is 1. The van der Waals surface area contributed by atoms with Crippen LogP contribution in [0.4, 0.5) is 0 Å². The lowest BCUT2D eigenvalue weighted by molar-refractivity contribution is -0.118. The average molecular weight is 307 g/mol. The molecule has 0 aromatic heterocycles. The van der Waals surface area contributed by atoms with Crippen LogP contribution in [0.5, 0.6) is 0 Å². The minimum atomic E-state index is -0.123. The van der Waals surface area contributed by atoms with Crippen LogP contribution in [0.1, 0.15) is 36.8 Å². The molecule has 0 aliphatic heterocycles. The number of nitrogens with one attached hydrogen (secondary N) is 1. The molecule has 1 fully saturated rings. The molecule has 1 aromatic rings. The first-order valence-corrected chi connectivity index (χ1v) is 8.87. The maximum Gasteiger partial charge on any atom is 0.230 e. The Morgan fingerprint density at radius 2 is 2.10 bits per heavy atom. The fourth-order valence-electron chi connectivity index (χ4n) is 2.72. The van der Waals surface area contributed by atoms with Crippen LogP contribution in [0.25, 0.3) is 0 Å². The molecule has 0 spiro atoms. The van der Waals surface area contributed by atoms with Gasteiger partial charge in [0.25, 0.3) is 0 Å². The molecule has 0 saturated heterocycles. The summed E-state index contributed by atoms with van der Waals surface area (Å²) < 4.78 is 0. The number of aliphatic hydroxyl groups is 1. The standard InChI is InChI=1S/C17H25NO2S/c1-13-3-2-4-15(9-13)11-21-12-17(20)18-10-14-5-7-16(19)8-6-14/h2-4,9,14,16,19H,5-8,10-12H2,1H3,(H,18,20). The number of rotatable bonds is 6. The molecule has 116 valence electrons. The van der Waals surface area contributed by atoms with E-state index in [9.17, 15) is 9.90 Å². The van der Waals surface area contributed by atoms with E-state index in [4.69, 9.17) is 0 Å². The minimum absolute atomic E-state index is 0.123. The molecule has 0 radical (unpaired) electrons. The monoisotopic (exact) mass is 307 g/mol. The highest BCUT2D eigenvalue weighted by atomic mass is 32.2. The van der Waals surface area contributed by atoms with Crippen LogP contribution in [0, 0.1) is 12.8 Å². The summed E-state index contributed by atoms with van der Waals surface area (Å²) >= 11 is 1.66. The van der Waals surface area contributed by atoms with Gasteiger partial charge >= 0.3 is 0 Å². The molecule has 2 rings (SSSR count). The van der Waals surface area contributed by atoms with Gasteiger partial charge in [-0.05, 0) is 44.1 Å². The van der Waals surface area contributed by atoms with E-state index in [1.54, 1.807) is 11.8 Å². The molecule has 2 N–H and O–H groups in total. The topological polar surface area (TPSA) is 49.3 Å². The van der Waals surface area contributed by atoms with Crippen LogP contribution in [0.15, 0.2) is 24.3 Å². The molecule has 0 atom stereocenters. The van der Waals surface area contributed by atoms with Gasteiger partial charge in [0.15, 0.2) is 0 Å². The molecule has 0 heterocycles. The molecule has 0 bridgehead atoms. The van der Waals surface area contributed by atoms with Gasteiger partial charge in [0.1, 0.15) is 0 Å². The van der Waals surface area contributed by atoms with Crippen molar-refractivity contribution in [2.45, 2.75) is 44.5 Å². The van der Waals surface area contributed by atoms with Gasteiger partial charge in [0.2, 0.25) is 5.91 Å². The highest BCUT2D eigenvalue weighted by Crippen LogP contribution is 2.23. The summed E-state index contributed by atoms with van der Waals surface area (Å²) in [5.41, 5.74) is 2.53. The van der Waals surface area contributed by atoms with E-state index in [0.29, 0.717) is 11.7 Å². The maximum absolute atomic E-state index is 11.8. The van der Waals surface area contributed by atoms with Crippen molar-refractivity contribution < 1.29 is 9.90 Å². The molecule has 1 amide bonds. The van der Waals surface area contributed by atoms with E-state index in [0.717, 1.165) is 38.0 Å². The van der Waals surface area contributed by atoms with Gasteiger partial charge in [-0.25, -0.2) is 0 Å². The number of thioether (sulfide) groups is 1. The van der Waals surface area contributed by atoms with Crippen molar-refractivity contribution >= 4 is 17.7 Å². The van der Waals surface area contributed by atoms with E-state index < -0.39 is 0 Å². The van der Waals surface area contributed by atoms with E-state index in [1.165, 1.54) is 11.1 Å². The lowest BCUT2D eigenvalue weighted by Gasteiger charge is -2.25. The molecule has 4 heteroatoms. The Kier molecular flexibility index (Phi) is 6.58. The minimum Gasteiger partial charge on any atom is -0.393 e. The third-order valence-corrected chi connectivity index (χ3v) is 4.99. The highest BCUT2D eigenvalue weighted by molar-refractivity contribution is 7.99. The number of aliphatic hydroxyl groups excluding tert-OH is 1. The summed E-state index contributed by atoms with van der Waals surface area (Å²) in [6.07, 6.45) is 3.68. The number of carbonyl (C=O) groups is 1. The van der Waals surface area contributed by atoms with Gasteiger partial charge in [0.05, 0.1) is 11.9 Å². The molecule has 3 nitrogen and oxygen atoms in total. The summed E-state index contributed by atoms with van der Waals surface area (Å²) in [4.78, 5) is 11.8. The van der Waals surface area contributed by atoms with Gasteiger partial charge in [-0.2, -0.15) is 0 Å². The fraction of sp³-hybridized carbons (Fsp3) is 0.588. The lowest BCUT2D eigenvalue weighted by Crippen LogP contribution is -2.33. The van der Waals surface area contributed by atoms with E-state index in [-0.39, 0.29) is 12.0 Å². The molecule has 0 unspecified atom stereocenters. The zero-order valence-corrected chi connectivity index (χ0v) is 13.5. The summed E-state index contributed by atoms with van der Waals surface area (Å²) in [7, 11) is 0. The molecule has 21 heavy (non-hydrogen) atoms. The van der Waals surface area contributed by atoms with Crippen molar-refractivity contribution in [1.29, 1.82) is 0 Å². The Morgan fingerprint density at radius 1 is 1.33 bits per heavy atom. The largest absolute Gasteiger partial charge is 0.393 e. The van der Waals surface area contributed by atoms with Gasteiger partial charge in [-0.1, -0.05) is 29.8 Å². The zero-order valence-electron chi connectivity index (χ0n) is 12.7. The molecule has 1 aromatic carbocycles. The Morgan fingerprint density at radius 3 is 2.81 bits per heavy atom. The lowest BCUT2D eigenvalue weighted by atomic mass is 9.87. The Bertz CT molecular complexity index is 456. The second-order valence-corrected chi connectivity index (χ2v) is 6.95. The Labute approximate surface area is 131 Å². The smallest absolute Gasteiger partial charge is 0.230 e. The quantitative estimate of drug-likeness (QED) is 0.849. The van der Waals surface area contributed by atoms with Crippen molar-refractivity contribution in [1.82, 2.24) is 5.32 Å². The molecule has 1 saturated carbocycles. The summed E-state index contributed by atoms with van der Waals surface area (Å²) in [6.45, 7) is 2.85. The van der Waals surface area contributed by atoms with Gasteiger partial charge in [0, 0.05) is 12.3 Å². The average Bonchev–Trinajstić information content (AvgIpc) is 2.47. The van der Waals surface area contributed by atoms with E-state index in [1.807, 2.05) is 0 Å². The summed E-state index contributed by atoms with van der Waals surface area (Å²) in [5.74, 6) is 2.06. The van der Waals surface area contributed by atoms with Gasteiger partial charge in [-0.3, -0.25) is 4.79 Å². The molecule has 1 aliphatic rings. The van der Waals surface area contributed by atoms with Crippen molar-refractivity contribution in [3.05, 3.63) is 35.4 Å². The molecule has 1 aliphatic carbocycles. The van der Waals surface area contributed by atoms with Crippen molar-refractivity contribution in [2.24, 2.45) is 5.92 Å². The first-order chi connectivity index (χ1) is 10.1. The van der Waals surface area contributed by atoms with Crippen molar-refractivity contribution in [3.8, 4) is 0 Å². The predicted molar refractivity (Wildman–Crippen MR) is 88.3 cm³/mol. The maximum atomic E-state index is 11.8. The van der Waals surface area contributed by atoms with Crippen LogP contribution < -0.4 is 5.32 Å². The predicted octanol–water partition coefficient (Wildman–Crippen LogP) is 2.90. The van der Waals surface area contributed by atoms with Gasteiger partial charge < -0.3 is 10.4 Å². The van der Waals surface area contributed by atoms with Crippen LogP contribution in [-0.4, -0.2) is 29.4 Å². The van der Waals surface area contributed by atoms with E-state index >= 15 is 0 Å². The van der Waals surface area contributed by atoms with Crippen molar-refractivity contribution in [2.75, 3.05) is 12.3 Å². The first-order valence-electron chi connectivity index (χ1n) is 7.71. The number of carbonyl (C=O) groups excluding carboxylic acids is 1. The first kappa shape index (κ1) is 16.4. The third kappa shape index (κ3) is 6.10. The van der Waals surface area contributed by atoms with Crippen LogP contribution in [-0.2, 0) is 10.5 Å². The number of hydrogen-bond donors (Lipinski definition) is 2. The Hall–Kier alpha value is -1.00. The van der Waals surface area contributed by atoms with Crippen molar-refractivity contribution in [3.63, 3.8) is 0 Å². The van der Waals surface area contributed by atoms with Crippen LogP contribution in [0.2, 0.25) is 0 Å².